The third-order valence-corrected chi connectivity index (χ3v) is 9.71. The summed E-state index contributed by atoms with van der Waals surface area (Å²) in [5, 5.41) is 17.7. The molecule has 0 saturated heterocycles. The predicted octanol–water partition coefficient (Wildman–Crippen LogP) is 8.49. The molecule has 2 aromatic heterocycles. The van der Waals surface area contributed by atoms with Crippen molar-refractivity contribution in [2.24, 2.45) is 0 Å². The first-order valence-electron chi connectivity index (χ1n) is 11.5. The second kappa shape index (κ2) is 10.1. The first kappa shape index (κ1) is 26.1. The molecule has 2 heterocycles. The van der Waals surface area contributed by atoms with Crippen molar-refractivity contribution in [1.29, 1.82) is 0 Å². The van der Waals surface area contributed by atoms with Gasteiger partial charge in [0, 0.05) is 26.0 Å². The summed E-state index contributed by atoms with van der Waals surface area (Å²) in [5.74, 6) is 0. The van der Waals surface area contributed by atoms with Crippen LogP contribution in [0.1, 0.15) is 23.4 Å². The fraction of sp³-hybridized carbons (Fsp3) is 0.148. The van der Waals surface area contributed by atoms with E-state index in [1.807, 2.05) is 36.4 Å². The van der Waals surface area contributed by atoms with Gasteiger partial charge in [0.1, 0.15) is 17.0 Å². The van der Waals surface area contributed by atoms with Crippen molar-refractivity contribution in [3.8, 4) is 27.6 Å². The molecule has 1 atom stereocenters. The zero-order valence-electron chi connectivity index (χ0n) is 19.8. The topological polar surface area (TPSA) is 66.7 Å². The highest BCUT2D eigenvalue weighted by Gasteiger charge is 2.49. The highest BCUT2D eigenvalue weighted by Crippen LogP contribution is 2.55. The molecule has 1 unspecified atom stereocenters. The molecule has 0 radical (unpaired) electrons. The van der Waals surface area contributed by atoms with Gasteiger partial charge in [-0.2, -0.15) is 5.10 Å². The summed E-state index contributed by atoms with van der Waals surface area (Å²) in [6.45, 7) is 0. The van der Waals surface area contributed by atoms with Gasteiger partial charge in [0.2, 0.25) is 4.90 Å². The fourth-order valence-corrected chi connectivity index (χ4v) is 7.33. The molecule has 11 heteroatoms. The van der Waals surface area contributed by atoms with Gasteiger partial charge in [0.15, 0.2) is 10.7 Å². The van der Waals surface area contributed by atoms with Crippen molar-refractivity contribution in [2.75, 3.05) is 6.26 Å². The lowest BCUT2D eigenvalue weighted by Gasteiger charge is -2.12. The maximum absolute atomic E-state index is 13.3. The van der Waals surface area contributed by atoms with Crippen LogP contribution in [-0.4, -0.2) is 30.8 Å². The van der Waals surface area contributed by atoms with E-state index in [-0.39, 0.29) is 5.41 Å². The minimum absolute atomic E-state index is 0.187. The smallest absolute Gasteiger partial charge is 0.209 e. The molecule has 5 aromatic rings. The Balaban J connectivity index is 1.53. The van der Waals surface area contributed by atoms with Crippen molar-refractivity contribution in [1.82, 2.24) is 20.0 Å². The standard InChI is InChI=1S/C27H18Cl4N4OS2/c1-38(36)24-22(25-32-33-26(37-25)27(12-13-27)16-4-8-18(29)9-5-16)34-35(21-11-10-19(30)14-20(21)31)23(24)15-2-6-17(28)7-3-15/h2-11,14H,12-13H2,1H3. The largest absolute Gasteiger partial charge is 0.612 e. The Bertz CT molecular complexity index is 1650. The molecular weight excluding hydrogens is 602 g/mol. The lowest BCUT2D eigenvalue weighted by Crippen LogP contribution is -2.07. The number of hydrogen-bond acceptors (Lipinski definition) is 5. The van der Waals surface area contributed by atoms with Gasteiger partial charge in [0.05, 0.1) is 10.7 Å². The van der Waals surface area contributed by atoms with Gasteiger partial charge in [-0.15, -0.1) is 10.2 Å². The first-order chi connectivity index (χ1) is 18.3. The van der Waals surface area contributed by atoms with Gasteiger partial charge >= 0.3 is 0 Å². The van der Waals surface area contributed by atoms with Crippen LogP contribution in [0.15, 0.2) is 71.6 Å². The van der Waals surface area contributed by atoms with E-state index in [4.69, 9.17) is 51.5 Å². The summed E-state index contributed by atoms with van der Waals surface area (Å²) in [7, 11) is 0. The van der Waals surface area contributed by atoms with Crippen LogP contribution in [-0.2, 0) is 16.6 Å². The van der Waals surface area contributed by atoms with E-state index in [0.717, 1.165) is 29.0 Å². The number of hydrogen-bond donors (Lipinski definition) is 0. The normalized spacial score (nSPS) is 15.0. The van der Waals surface area contributed by atoms with Gasteiger partial charge in [-0.3, -0.25) is 0 Å². The van der Waals surface area contributed by atoms with E-state index in [9.17, 15) is 4.55 Å². The first-order valence-corrected chi connectivity index (χ1v) is 15.4. The highest BCUT2D eigenvalue weighted by atomic mass is 35.5. The zero-order valence-corrected chi connectivity index (χ0v) is 24.4. The summed E-state index contributed by atoms with van der Waals surface area (Å²) in [6, 6.07) is 20.4. The van der Waals surface area contributed by atoms with Crippen LogP contribution >= 0.6 is 57.7 Å². The maximum atomic E-state index is 13.3. The lowest BCUT2D eigenvalue weighted by atomic mass is 9.97. The zero-order chi connectivity index (χ0) is 26.6. The number of halogens is 4. The number of rotatable bonds is 6. The molecule has 1 saturated carbocycles. The third-order valence-electron chi connectivity index (χ3n) is 6.57. The molecule has 0 amide bonds. The quantitative estimate of drug-likeness (QED) is 0.179. The molecule has 192 valence electrons. The Labute approximate surface area is 246 Å². The molecule has 3 aromatic carbocycles. The Morgan fingerprint density at radius 2 is 1.50 bits per heavy atom. The van der Waals surface area contributed by atoms with Crippen LogP contribution in [0.25, 0.3) is 27.6 Å². The van der Waals surface area contributed by atoms with Crippen LogP contribution in [0.2, 0.25) is 20.1 Å². The van der Waals surface area contributed by atoms with Crippen molar-refractivity contribution in [3.63, 3.8) is 0 Å². The van der Waals surface area contributed by atoms with E-state index in [1.54, 1.807) is 41.3 Å². The molecule has 0 aliphatic heterocycles. The van der Waals surface area contributed by atoms with E-state index in [2.05, 4.69) is 10.2 Å². The van der Waals surface area contributed by atoms with Crippen molar-refractivity contribution in [3.05, 3.63) is 97.4 Å². The summed E-state index contributed by atoms with van der Waals surface area (Å²) >= 11 is 25.1. The molecule has 1 aliphatic carbocycles. The Morgan fingerprint density at radius 3 is 2.11 bits per heavy atom. The number of nitrogens with zero attached hydrogens (tertiary/aromatic N) is 4. The minimum atomic E-state index is -1.42. The molecule has 5 nitrogen and oxygen atoms in total. The van der Waals surface area contributed by atoms with Gasteiger partial charge in [0.25, 0.3) is 0 Å². The van der Waals surface area contributed by atoms with Gasteiger partial charge in [-0.1, -0.05) is 82.0 Å². The second-order valence-electron chi connectivity index (χ2n) is 9.00. The third kappa shape index (κ3) is 4.64. The molecule has 6 rings (SSSR count). The summed E-state index contributed by atoms with van der Waals surface area (Å²) < 4.78 is 15.0. The fourth-order valence-electron chi connectivity index (χ4n) is 4.54. The maximum Gasteiger partial charge on any atom is 0.209 e. The van der Waals surface area contributed by atoms with E-state index >= 15 is 0 Å². The predicted molar refractivity (Wildman–Crippen MR) is 157 cm³/mol. The van der Waals surface area contributed by atoms with Crippen molar-refractivity contribution in [2.45, 2.75) is 23.2 Å². The number of aromatic nitrogens is 4. The van der Waals surface area contributed by atoms with E-state index < -0.39 is 11.2 Å². The van der Waals surface area contributed by atoms with Gasteiger partial charge < -0.3 is 4.55 Å². The van der Waals surface area contributed by atoms with Crippen LogP contribution in [0.4, 0.5) is 0 Å². The van der Waals surface area contributed by atoms with Crippen LogP contribution in [0.5, 0.6) is 0 Å². The van der Waals surface area contributed by atoms with Crippen LogP contribution in [0, 0.1) is 0 Å². The average Bonchev–Trinajstić information content (AvgIpc) is 3.37. The van der Waals surface area contributed by atoms with Crippen molar-refractivity contribution >= 4 is 68.9 Å². The van der Waals surface area contributed by atoms with Crippen LogP contribution in [0.3, 0.4) is 0 Å². The summed E-state index contributed by atoms with van der Waals surface area (Å²) in [4.78, 5) is 0.539. The minimum Gasteiger partial charge on any atom is -0.612 e. The monoisotopic (exact) mass is 618 g/mol. The SMILES string of the molecule is C[S+]([O-])c1c(-c2nnc(C3(c4ccc(Cl)cc4)CC3)s2)nn(-c2ccc(Cl)cc2Cl)c1-c1ccc(Cl)cc1. The molecule has 0 spiro atoms. The number of benzene rings is 3. The van der Waals surface area contributed by atoms with E-state index in [1.165, 1.54) is 11.3 Å². The van der Waals surface area contributed by atoms with Crippen molar-refractivity contribution < 1.29 is 4.55 Å². The summed E-state index contributed by atoms with van der Waals surface area (Å²) in [5.41, 5.74) is 3.49. The molecular formula is C27H18Cl4N4OS2. The van der Waals surface area contributed by atoms with Crippen LogP contribution < -0.4 is 0 Å². The Kier molecular flexibility index (Phi) is 6.97. The van der Waals surface area contributed by atoms with E-state index in [0.29, 0.717) is 47.1 Å². The molecule has 1 aliphatic rings. The average molecular weight is 620 g/mol. The lowest BCUT2D eigenvalue weighted by molar-refractivity contribution is 0.601. The second-order valence-corrected chi connectivity index (χ2v) is 13.0. The highest BCUT2D eigenvalue weighted by molar-refractivity contribution is 7.91. The Hall–Kier alpha value is -2.10. The molecule has 0 bridgehead atoms. The van der Waals surface area contributed by atoms with Gasteiger partial charge in [-0.05, 0) is 72.0 Å². The Morgan fingerprint density at radius 1 is 0.868 bits per heavy atom. The summed E-state index contributed by atoms with van der Waals surface area (Å²) in [6.07, 6.45) is 3.58. The molecule has 38 heavy (non-hydrogen) atoms. The molecule has 1 fully saturated rings. The molecule has 0 N–H and O–H groups in total. The van der Waals surface area contributed by atoms with Gasteiger partial charge in [-0.25, -0.2) is 4.68 Å².